The molecule has 1 amide bonds. The van der Waals surface area contributed by atoms with Crippen LogP contribution in [0.1, 0.15) is 18.7 Å². The van der Waals surface area contributed by atoms with Crippen molar-refractivity contribution < 1.29 is 13.6 Å². The molecule has 1 heterocycles. The van der Waals surface area contributed by atoms with Crippen LogP contribution in [0.3, 0.4) is 0 Å². The lowest BCUT2D eigenvalue weighted by molar-refractivity contribution is -0.127. The molecular weight excluding hydrogens is 214 g/mol. The first kappa shape index (κ1) is 11.0. The molecule has 2 rings (SSSR count). The molecule has 0 radical (unpaired) electrons. The molecule has 3 nitrogen and oxygen atoms in total. The van der Waals surface area contributed by atoms with Crippen LogP contribution >= 0.6 is 0 Å². The van der Waals surface area contributed by atoms with Gasteiger partial charge in [0.15, 0.2) is 11.6 Å². The molecule has 1 unspecified atom stereocenters. The fourth-order valence-electron chi connectivity index (χ4n) is 1.88. The summed E-state index contributed by atoms with van der Waals surface area (Å²) in [7, 11) is 0. The first-order valence-corrected chi connectivity index (χ1v) is 5.11. The van der Waals surface area contributed by atoms with E-state index in [0.717, 1.165) is 12.1 Å². The molecule has 1 aliphatic heterocycles. The number of hydrogen-bond acceptors (Lipinski definition) is 2. The van der Waals surface area contributed by atoms with E-state index in [1.54, 1.807) is 4.90 Å². The SMILES string of the molecule is CCN1C(=O)CNC1c1ccc(F)c(F)c1. The van der Waals surface area contributed by atoms with Crippen molar-refractivity contribution >= 4 is 5.91 Å². The molecule has 1 aliphatic rings. The van der Waals surface area contributed by atoms with E-state index in [-0.39, 0.29) is 18.6 Å². The number of carbonyl (C=O) groups excluding carboxylic acids is 1. The van der Waals surface area contributed by atoms with Gasteiger partial charge in [-0.2, -0.15) is 0 Å². The normalized spacial score (nSPS) is 20.6. The zero-order valence-corrected chi connectivity index (χ0v) is 8.84. The Hall–Kier alpha value is -1.49. The summed E-state index contributed by atoms with van der Waals surface area (Å²) in [5.41, 5.74) is 0.562. The molecule has 0 bridgehead atoms. The molecule has 1 aromatic rings. The first-order chi connectivity index (χ1) is 7.63. The van der Waals surface area contributed by atoms with Gasteiger partial charge in [-0.1, -0.05) is 6.07 Å². The summed E-state index contributed by atoms with van der Waals surface area (Å²) >= 11 is 0. The van der Waals surface area contributed by atoms with Gasteiger partial charge in [0, 0.05) is 6.54 Å². The molecule has 1 N–H and O–H groups in total. The largest absolute Gasteiger partial charge is 0.322 e. The van der Waals surface area contributed by atoms with Crippen molar-refractivity contribution in [1.29, 1.82) is 0 Å². The summed E-state index contributed by atoms with van der Waals surface area (Å²) in [5.74, 6) is -1.80. The number of benzene rings is 1. The Morgan fingerprint density at radius 2 is 2.19 bits per heavy atom. The lowest BCUT2D eigenvalue weighted by Gasteiger charge is -2.23. The van der Waals surface area contributed by atoms with Crippen LogP contribution < -0.4 is 5.32 Å². The van der Waals surface area contributed by atoms with Crippen LogP contribution in [0.15, 0.2) is 18.2 Å². The van der Waals surface area contributed by atoms with Gasteiger partial charge < -0.3 is 4.90 Å². The molecule has 1 fully saturated rings. The minimum absolute atomic E-state index is 0.0303. The Labute approximate surface area is 92.1 Å². The number of halogens is 2. The second kappa shape index (κ2) is 4.17. The topological polar surface area (TPSA) is 32.3 Å². The van der Waals surface area contributed by atoms with Crippen LogP contribution in [0.5, 0.6) is 0 Å². The molecule has 1 atom stereocenters. The molecule has 86 valence electrons. The summed E-state index contributed by atoms with van der Waals surface area (Å²) in [6, 6.07) is 3.68. The number of carbonyl (C=O) groups is 1. The van der Waals surface area contributed by atoms with E-state index in [9.17, 15) is 13.6 Å². The van der Waals surface area contributed by atoms with Gasteiger partial charge in [-0.15, -0.1) is 0 Å². The van der Waals surface area contributed by atoms with Gasteiger partial charge in [0.05, 0.1) is 6.54 Å². The maximum absolute atomic E-state index is 13.1. The molecule has 1 aromatic carbocycles. The summed E-state index contributed by atoms with van der Waals surface area (Å²) in [6.07, 6.45) is -0.354. The van der Waals surface area contributed by atoms with Crippen LogP contribution in [-0.2, 0) is 4.79 Å². The predicted molar refractivity (Wildman–Crippen MR) is 54.5 cm³/mol. The fraction of sp³-hybridized carbons (Fsp3) is 0.364. The van der Waals surface area contributed by atoms with Crippen molar-refractivity contribution in [3.05, 3.63) is 35.4 Å². The number of amides is 1. The molecule has 0 aromatic heterocycles. The molecule has 5 heteroatoms. The van der Waals surface area contributed by atoms with E-state index < -0.39 is 11.6 Å². The van der Waals surface area contributed by atoms with Gasteiger partial charge in [0.25, 0.3) is 0 Å². The van der Waals surface area contributed by atoms with E-state index in [4.69, 9.17) is 0 Å². The second-order valence-corrected chi connectivity index (χ2v) is 3.64. The van der Waals surface area contributed by atoms with Gasteiger partial charge in [0.2, 0.25) is 5.91 Å². The first-order valence-electron chi connectivity index (χ1n) is 5.11. The third-order valence-electron chi connectivity index (χ3n) is 2.68. The third-order valence-corrected chi connectivity index (χ3v) is 2.68. The van der Waals surface area contributed by atoms with Crippen molar-refractivity contribution in [1.82, 2.24) is 10.2 Å². The fourth-order valence-corrected chi connectivity index (χ4v) is 1.88. The number of hydrogen-bond donors (Lipinski definition) is 1. The van der Waals surface area contributed by atoms with Gasteiger partial charge in [0.1, 0.15) is 6.17 Å². The average molecular weight is 226 g/mol. The van der Waals surface area contributed by atoms with Crippen molar-refractivity contribution in [2.75, 3.05) is 13.1 Å². The van der Waals surface area contributed by atoms with Crippen LogP contribution in [0, 0.1) is 11.6 Å². The summed E-state index contributed by atoms with van der Waals surface area (Å²) in [5, 5.41) is 2.96. The zero-order chi connectivity index (χ0) is 11.7. The molecule has 1 saturated heterocycles. The third kappa shape index (κ3) is 1.78. The maximum Gasteiger partial charge on any atom is 0.238 e. The van der Waals surface area contributed by atoms with Crippen LogP contribution in [-0.4, -0.2) is 23.9 Å². The smallest absolute Gasteiger partial charge is 0.238 e. The Morgan fingerprint density at radius 3 is 2.81 bits per heavy atom. The second-order valence-electron chi connectivity index (χ2n) is 3.64. The quantitative estimate of drug-likeness (QED) is 0.827. The minimum Gasteiger partial charge on any atom is -0.322 e. The molecule has 0 saturated carbocycles. The highest BCUT2D eigenvalue weighted by Gasteiger charge is 2.30. The monoisotopic (exact) mass is 226 g/mol. The molecule has 0 aliphatic carbocycles. The lowest BCUT2D eigenvalue weighted by atomic mass is 10.1. The number of nitrogens with one attached hydrogen (secondary N) is 1. The highest BCUT2D eigenvalue weighted by molar-refractivity contribution is 5.80. The molecular formula is C11H12F2N2O. The number of nitrogens with zero attached hydrogens (tertiary/aromatic N) is 1. The van der Waals surface area contributed by atoms with Gasteiger partial charge in [-0.3, -0.25) is 10.1 Å². The van der Waals surface area contributed by atoms with E-state index in [1.165, 1.54) is 6.07 Å². The zero-order valence-electron chi connectivity index (χ0n) is 8.84. The molecule has 0 spiro atoms. The Morgan fingerprint density at radius 1 is 1.44 bits per heavy atom. The molecule has 16 heavy (non-hydrogen) atoms. The summed E-state index contributed by atoms with van der Waals surface area (Å²) in [4.78, 5) is 13.0. The van der Waals surface area contributed by atoms with Crippen LogP contribution in [0.25, 0.3) is 0 Å². The van der Waals surface area contributed by atoms with Gasteiger partial charge in [-0.05, 0) is 24.6 Å². The van der Waals surface area contributed by atoms with Crippen LogP contribution in [0.2, 0.25) is 0 Å². The number of rotatable bonds is 2. The van der Waals surface area contributed by atoms with Crippen molar-refractivity contribution in [3.63, 3.8) is 0 Å². The Bertz CT molecular complexity index is 422. The van der Waals surface area contributed by atoms with E-state index in [0.29, 0.717) is 12.1 Å². The maximum atomic E-state index is 13.1. The average Bonchev–Trinajstić information content (AvgIpc) is 2.63. The minimum atomic E-state index is -0.894. The van der Waals surface area contributed by atoms with Crippen molar-refractivity contribution in [2.24, 2.45) is 0 Å². The van der Waals surface area contributed by atoms with E-state index in [1.807, 2.05) is 6.92 Å². The van der Waals surface area contributed by atoms with Crippen molar-refractivity contribution in [2.45, 2.75) is 13.1 Å². The van der Waals surface area contributed by atoms with Crippen molar-refractivity contribution in [3.8, 4) is 0 Å². The van der Waals surface area contributed by atoms with Gasteiger partial charge in [-0.25, -0.2) is 8.78 Å². The van der Waals surface area contributed by atoms with E-state index in [2.05, 4.69) is 5.32 Å². The standard InChI is InChI=1S/C11H12F2N2O/c1-2-15-10(16)6-14-11(15)7-3-4-8(12)9(13)5-7/h3-5,11,14H,2,6H2,1H3. The number of likely N-dealkylation sites (N-methyl/N-ethyl adjacent to an activating group) is 1. The highest BCUT2D eigenvalue weighted by Crippen LogP contribution is 2.23. The Balaban J connectivity index is 2.30. The van der Waals surface area contributed by atoms with Crippen LogP contribution in [0.4, 0.5) is 8.78 Å². The summed E-state index contributed by atoms with van der Waals surface area (Å²) < 4.78 is 25.8. The van der Waals surface area contributed by atoms with Gasteiger partial charge >= 0.3 is 0 Å². The lowest BCUT2D eigenvalue weighted by Crippen LogP contribution is -2.30. The highest BCUT2D eigenvalue weighted by atomic mass is 19.2. The van der Waals surface area contributed by atoms with E-state index >= 15 is 0 Å². The Kier molecular flexibility index (Phi) is 2.87. The summed E-state index contributed by atoms with van der Waals surface area (Å²) in [6.45, 7) is 2.62. The predicted octanol–water partition coefficient (Wildman–Crippen LogP) is 1.42.